The van der Waals surface area contributed by atoms with Crippen LogP contribution in [0.3, 0.4) is 0 Å². The highest BCUT2D eigenvalue weighted by atomic mass is 35.5. The van der Waals surface area contributed by atoms with Crippen LogP contribution in [0.15, 0.2) is 24.3 Å². The molecule has 0 aliphatic carbocycles. The lowest BCUT2D eigenvalue weighted by Crippen LogP contribution is -2.10. The molecule has 0 aromatic heterocycles. The Balaban J connectivity index is 0.00000144. The first kappa shape index (κ1) is 11.9. The molecule has 0 radical (unpaired) electrons. The van der Waals surface area contributed by atoms with Gasteiger partial charge in [-0.3, -0.25) is 5.41 Å². The van der Waals surface area contributed by atoms with Gasteiger partial charge in [-0.25, -0.2) is 4.39 Å². The van der Waals surface area contributed by atoms with Gasteiger partial charge in [0.15, 0.2) is 0 Å². The Morgan fingerprint density at radius 3 is 2.31 bits per heavy atom. The van der Waals surface area contributed by atoms with Crippen molar-refractivity contribution in [1.29, 1.82) is 5.41 Å². The van der Waals surface area contributed by atoms with Gasteiger partial charge in [0.05, 0.1) is 5.84 Å². The fourth-order valence-corrected chi connectivity index (χ4v) is 0.930. The summed E-state index contributed by atoms with van der Waals surface area (Å²) in [6, 6.07) is 6.24. The number of nitrogens with one attached hydrogen (secondary N) is 1. The number of nitrogens with two attached hydrogens (primary N) is 1. The molecule has 0 saturated carbocycles. The molecular formula is C9H12ClFN2. The molecule has 0 atom stereocenters. The lowest BCUT2D eigenvalue weighted by molar-refractivity contribution is 0.627. The van der Waals surface area contributed by atoms with Crippen LogP contribution in [0.5, 0.6) is 0 Å². The van der Waals surface area contributed by atoms with Gasteiger partial charge in [0.25, 0.3) is 0 Å². The molecule has 0 fully saturated rings. The van der Waals surface area contributed by atoms with Crippen LogP contribution in [-0.4, -0.2) is 5.84 Å². The number of rotatable bonds is 3. The Bertz CT molecular complexity index is 271. The second-order valence-corrected chi connectivity index (χ2v) is 2.65. The van der Waals surface area contributed by atoms with E-state index < -0.39 is 0 Å². The summed E-state index contributed by atoms with van der Waals surface area (Å²) in [5.41, 5.74) is 6.19. The van der Waals surface area contributed by atoms with Gasteiger partial charge in [0.1, 0.15) is 5.82 Å². The van der Waals surface area contributed by atoms with Gasteiger partial charge in [0, 0.05) is 6.42 Å². The van der Waals surface area contributed by atoms with E-state index in [0.29, 0.717) is 12.8 Å². The summed E-state index contributed by atoms with van der Waals surface area (Å²) < 4.78 is 12.4. The van der Waals surface area contributed by atoms with Gasteiger partial charge in [-0.05, 0) is 24.1 Å². The Morgan fingerprint density at radius 1 is 1.31 bits per heavy atom. The smallest absolute Gasteiger partial charge is 0.123 e. The standard InChI is InChI=1S/C9H11FN2.ClH/c10-8-4-1-7(2-5-8)3-6-9(11)12;/h1-2,4-5H,3,6H2,(H3,11,12);1H. The van der Waals surface area contributed by atoms with Crippen LogP contribution in [0.25, 0.3) is 0 Å². The lowest BCUT2D eigenvalue weighted by Gasteiger charge is -1.98. The highest BCUT2D eigenvalue weighted by Gasteiger charge is 1.94. The van der Waals surface area contributed by atoms with E-state index in [-0.39, 0.29) is 24.1 Å². The van der Waals surface area contributed by atoms with Gasteiger partial charge in [0.2, 0.25) is 0 Å². The van der Waals surface area contributed by atoms with Crippen molar-refractivity contribution in [3.63, 3.8) is 0 Å². The highest BCUT2D eigenvalue weighted by molar-refractivity contribution is 5.85. The van der Waals surface area contributed by atoms with Crippen molar-refractivity contribution in [3.8, 4) is 0 Å². The Hall–Kier alpha value is -1.09. The summed E-state index contributed by atoms with van der Waals surface area (Å²) >= 11 is 0. The van der Waals surface area contributed by atoms with E-state index in [4.69, 9.17) is 11.1 Å². The average molecular weight is 203 g/mol. The first-order valence-corrected chi connectivity index (χ1v) is 3.76. The number of hydrogen-bond acceptors (Lipinski definition) is 1. The molecule has 0 aliphatic heterocycles. The van der Waals surface area contributed by atoms with Crippen molar-refractivity contribution in [3.05, 3.63) is 35.6 Å². The zero-order chi connectivity index (χ0) is 8.97. The fraction of sp³-hybridized carbons (Fsp3) is 0.222. The molecule has 0 amide bonds. The number of hydrogen-bond donors (Lipinski definition) is 2. The molecule has 0 heterocycles. The zero-order valence-corrected chi connectivity index (χ0v) is 7.90. The normalized spacial score (nSPS) is 9.00. The maximum absolute atomic E-state index is 12.4. The third-order valence-electron chi connectivity index (χ3n) is 1.60. The van der Waals surface area contributed by atoms with E-state index in [0.717, 1.165) is 5.56 Å². The van der Waals surface area contributed by atoms with E-state index in [1.165, 1.54) is 12.1 Å². The van der Waals surface area contributed by atoms with E-state index in [1.54, 1.807) is 12.1 Å². The number of aryl methyl sites for hydroxylation is 1. The maximum Gasteiger partial charge on any atom is 0.123 e. The lowest BCUT2D eigenvalue weighted by atomic mass is 10.1. The minimum atomic E-state index is -0.235. The molecule has 1 aromatic rings. The fourth-order valence-electron chi connectivity index (χ4n) is 0.930. The first-order chi connectivity index (χ1) is 5.68. The van der Waals surface area contributed by atoms with E-state index >= 15 is 0 Å². The quantitative estimate of drug-likeness (QED) is 0.573. The van der Waals surface area contributed by atoms with Crippen LogP contribution in [0, 0.1) is 11.2 Å². The Morgan fingerprint density at radius 2 is 1.85 bits per heavy atom. The third kappa shape index (κ3) is 4.48. The number of benzene rings is 1. The minimum absolute atomic E-state index is 0. The minimum Gasteiger partial charge on any atom is -0.388 e. The van der Waals surface area contributed by atoms with Crippen molar-refractivity contribution < 1.29 is 4.39 Å². The molecule has 0 bridgehead atoms. The van der Waals surface area contributed by atoms with E-state index in [9.17, 15) is 4.39 Å². The molecule has 72 valence electrons. The monoisotopic (exact) mass is 202 g/mol. The van der Waals surface area contributed by atoms with Gasteiger partial charge in [-0.2, -0.15) is 0 Å². The summed E-state index contributed by atoms with van der Waals surface area (Å²) in [5.74, 6) is -0.0686. The molecule has 3 N–H and O–H groups in total. The largest absolute Gasteiger partial charge is 0.388 e. The van der Waals surface area contributed by atoms with Gasteiger partial charge in [-0.15, -0.1) is 12.4 Å². The van der Waals surface area contributed by atoms with Gasteiger partial charge < -0.3 is 5.73 Å². The van der Waals surface area contributed by atoms with Crippen molar-refractivity contribution in [2.75, 3.05) is 0 Å². The maximum atomic E-state index is 12.4. The molecule has 0 unspecified atom stereocenters. The van der Waals surface area contributed by atoms with Crippen LogP contribution in [0.2, 0.25) is 0 Å². The molecular weight excluding hydrogens is 191 g/mol. The SMILES string of the molecule is Cl.N=C(N)CCc1ccc(F)cc1. The van der Waals surface area contributed by atoms with E-state index in [1.807, 2.05) is 0 Å². The van der Waals surface area contributed by atoms with E-state index in [2.05, 4.69) is 0 Å². The Labute approximate surface area is 82.9 Å². The molecule has 1 aromatic carbocycles. The molecule has 4 heteroatoms. The molecule has 2 nitrogen and oxygen atoms in total. The summed E-state index contributed by atoms with van der Waals surface area (Å²) in [6.07, 6.45) is 1.24. The predicted octanol–water partition coefficient (Wildman–Crippen LogP) is 2.12. The van der Waals surface area contributed by atoms with Crippen LogP contribution < -0.4 is 5.73 Å². The van der Waals surface area contributed by atoms with Crippen molar-refractivity contribution >= 4 is 18.2 Å². The van der Waals surface area contributed by atoms with Crippen molar-refractivity contribution in [1.82, 2.24) is 0 Å². The van der Waals surface area contributed by atoms with Crippen molar-refractivity contribution in [2.45, 2.75) is 12.8 Å². The summed E-state index contributed by atoms with van der Waals surface area (Å²) in [4.78, 5) is 0. The molecule has 13 heavy (non-hydrogen) atoms. The molecule has 1 rings (SSSR count). The van der Waals surface area contributed by atoms with Crippen LogP contribution in [0.1, 0.15) is 12.0 Å². The van der Waals surface area contributed by atoms with Gasteiger partial charge >= 0.3 is 0 Å². The second-order valence-electron chi connectivity index (χ2n) is 2.65. The summed E-state index contributed by atoms with van der Waals surface area (Å²) in [7, 11) is 0. The third-order valence-corrected chi connectivity index (χ3v) is 1.60. The average Bonchev–Trinajstić information content (AvgIpc) is 2.03. The summed E-state index contributed by atoms with van der Waals surface area (Å²) in [6.45, 7) is 0. The van der Waals surface area contributed by atoms with Crippen LogP contribution in [-0.2, 0) is 6.42 Å². The number of halogens is 2. The second kappa shape index (κ2) is 5.54. The Kier molecular flexibility index (Phi) is 5.07. The zero-order valence-electron chi connectivity index (χ0n) is 7.09. The first-order valence-electron chi connectivity index (χ1n) is 3.76. The summed E-state index contributed by atoms with van der Waals surface area (Å²) in [5, 5.41) is 6.99. The predicted molar refractivity (Wildman–Crippen MR) is 53.9 cm³/mol. The molecule has 0 aliphatic rings. The highest BCUT2D eigenvalue weighted by Crippen LogP contribution is 2.04. The number of amidine groups is 1. The molecule has 0 spiro atoms. The van der Waals surface area contributed by atoms with Crippen LogP contribution >= 0.6 is 12.4 Å². The topological polar surface area (TPSA) is 49.9 Å². The van der Waals surface area contributed by atoms with Crippen molar-refractivity contribution in [2.24, 2.45) is 5.73 Å². The van der Waals surface area contributed by atoms with Gasteiger partial charge in [-0.1, -0.05) is 12.1 Å². The van der Waals surface area contributed by atoms with Crippen LogP contribution in [0.4, 0.5) is 4.39 Å². The molecule has 0 saturated heterocycles.